The van der Waals surface area contributed by atoms with Gasteiger partial charge in [-0.15, -0.1) is 0 Å². The molecule has 1 aliphatic heterocycles. The van der Waals surface area contributed by atoms with E-state index in [0.717, 1.165) is 18.9 Å². The van der Waals surface area contributed by atoms with Gasteiger partial charge in [0.25, 0.3) is 0 Å². The first-order valence-corrected chi connectivity index (χ1v) is 9.93. The van der Waals surface area contributed by atoms with Crippen LogP contribution < -0.4 is 4.57 Å². The van der Waals surface area contributed by atoms with E-state index in [2.05, 4.69) is 59.2 Å². The molecule has 126 valence electrons. The normalized spacial score (nSPS) is 17.3. The predicted octanol–water partition coefficient (Wildman–Crippen LogP) is 5.47. The number of aryl methyl sites for hydroxylation is 1. The van der Waals surface area contributed by atoms with E-state index in [1.165, 1.54) is 66.1 Å². The summed E-state index contributed by atoms with van der Waals surface area (Å²) in [5.74, 6) is 0.878. The fourth-order valence-corrected chi connectivity index (χ4v) is 4.99. The average molecular weight is 328 g/mol. The van der Waals surface area contributed by atoms with Gasteiger partial charge in [0.2, 0.25) is 5.69 Å². The Bertz CT molecular complexity index is 919. The molecule has 0 atom stereocenters. The molecule has 0 spiro atoms. The molecule has 1 aliphatic carbocycles. The number of hydrogen-bond donors (Lipinski definition) is 0. The molecule has 0 unspecified atom stereocenters. The zero-order chi connectivity index (χ0) is 16.6. The summed E-state index contributed by atoms with van der Waals surface area (Å²) < 4.78 is 2.64. The Kier molecular flexibility index (Phi) is 3.81. The quantitative estimate of drug-likeness (QED) is 0.549. The Morgan fingerprint density at radius 2 is 1.68 bits per heavy atom. The Labute approximate surface area is 150 Å². The Hall–Kier alpha value is -2.15. The number of pyridine rings is 1. The molecule has 2 heterocycles. The van der Waals surface area contributed by atoms with E-state index in [1.807, 2.05) is 0 Å². The fourth-order valence-electron chi connectivity index (χ4n) is 4.99. The number of nitrogens with zero attached hydrogens (tertiary/aromatic N) is 1. The summed E-state index contributed by atoms with van der Waals surface area (Å²) in [5, 5.41) is 2.80. The second kappa shape index (κ2) is 6.29. The van der Waals surface area contributed by atoms with E-state index in [0.29, 0.717) is 0 Å². The van der Waals surface area contributed by atoms with Gasteiger partial charge in [-0.3, -0.25) is 0 Å². The minimum absolute atomic E-state index is 0.878. The zero-order valence-electron chi connectivity index (χ0n) is 14.9. The topological polar surface area (TPSA) is 3.88 Å². The summed E-state index contributed by atoms with van der Waals surface area (Å²) in [7, 11) is 0. The van der Waals surface area contributed by atoms with Crippen molar-refractivity contribution >= 4 is 10.8 Å². The Morgan fingerprint density at radius 3 is 2.60 bits per heavy atom. The maximum Gasteiger partial charge on any atom is 0.220 e. The maximum absolute atomic E-state index is 2.64. The average Bonchev–Trinajstić information content (AvgIpc) is 2.68. The van der Waals surface area contributed by atoms with E-state index in [9.17, 15) is 0 Å². The Morgan fingerprint density at radius 1 is 0.880 bits per heavy atom. The first kappa shape index (κ1) is 15.1. The highest BCUT2D eigenvalue weighted by Gasteiger charge is 2.29. The van der Waals surface area contributed by atoms with Crippen molar-refractivity contribution in [1.29, 1.82) is 0 Å². The lowest BCUT2D eigenvalue weighted by Gasteiger charge is -2.23. The van der Waals surface area contributed by atoms with Gasteiger partial charge in [0.1, 0.15) is 0 Å². The summed E-state index contributed by atoms with van der Waals surface area (Å²) in [4.78, 5) is 0. The molecule has 1 nitrogen and oxygen atoms in total. The highest BCUT2D eigenvalue weighted by Crippen LogP contribution is 2.33. The highest BCUT2D eigenvalue weighted by molar-refractivity contribution is 5.94. The second-order valence-corrected chi connectivity index (χ2v) is 7.84. The second-order valence-electron chi connectivity index (χ2n) is 7.84. The van der Waals surface area contributed by atoms with E-state index >= 15 is 0 Å². The van der Waals surface area contributed by atoms with Crippen LogP contribution in [0.5, 0.6) is 0 Å². The molecule has 1 aromatic heterocycles. The lowest BCUT2D eigenvalue weighted by Crippen LogP contribution is -2.45. The number of benzene rings is 2. The van der Waals surface area contributed by atoms with Crippen molar-refractivity contribution in [2.45, 2.75) is 51.5 Å². The lowest BCUT2D eigenvalue weighted by atomic mass is 9.85. The molecule has 25 heavy (non-hydrogen) atoms. The first-order valence-electron chi connectivity index (χ1n) is 9.93. The van der Waals surface area contributed by atoms with Gasteiger partial charge < -0.3 is 0 Å². The van der Waals surface area contributed by atoms with E-state index in [4.69, 9.17) is 0 Å². The Balaban J connectivity index is 1.70. The summed E-state index contributed by atoms with van der Waals surface area (Å²) in [6, 6.07) is 20.4. The predicted molar refractivity (Wildman–Crippen MR) is 104 cm³/mol. The number of hydrogen-bond acceptors (Lipinski definition) is 0. The molecular weight excluding hydrogens is 302 g/mol. The molecule has 0 radical (unpaired) electrons. The van der Waals surface area contributed by atoms with Gasteiger partial charge in [-0.2, -0.15) is 4.57 Å². The summed E-state index contributed by atoms with van der Waals surface area (Å²) in [5.41, 5.74) is 5.94. The zero-order valence-corrected chi connectivity index (χ0v) is 14.9. The van der Waals surface area contributed by atoms with Crippen LogP contribution in [0.3, 0.4) is 0 Å². The van der Waals surface area contributed by atoms with Crippen molar-refractivity contribution in [1.82, 2.24) is 0 Å². The van der Waals surface area contributed by atoms with Gasteiger partial charge in [-0.05, 0) is 41.8 Å². The van der Waals surface area contributed by atoms with Crippen molar-refractivity contribution < 1.29 is 4.57 Å². The third kappa shape index (κ3) is 2.66. The van der Waals surface area contributed by atoms with Crippen LogP contribution in [0.1, 0.15) is 43.4 Å². The molecule has 2 aliphatic rings. The summed E-state index contributed by atoms with van der Waals surface area (Å²) in [6.45, 7) is 1.12. The van der Waals surface area contributed by atoms with Crippen LogP contribution in [0.2, 0.25) is 0 Å². The number of fused-ring (bicyclic) bond motifs is 5. The van der Waals surface area contributed by atoms with Crippen molar-refractivity contribution in [3.8, 4) is 11.3 Å². The van der Waals surface area contributed by atoms with Gasteiger partial charge in [-0.25, -0.2) is 0 Å². The number of aromatic nitrogens is 1. The summed E-state index contributed by atoms with van der Waals surface area (Å²) in [6.07, 6.45) is 9.52. The van der Waals surface area contributed by atoms with Crippen LogP contribution in [-0.4, -0.2) is 0 Å². The van der Waals surface area contributed by atoms with Gasteiger partial charge in [0, 0.05) is 18.9 Å². The van der Waals surface area contributed by atoms with Crippen LogP contribution >= 0.6 is 0 Å². The third-order valence-corrected chi connectivity index (χ3v) is 6.25. The van der Waals surface area contributed by atoms with Gasteiger partial charge in [0.05, 0.1) is 10.9 Å². The van der Waals surface area contributed by atoms with Crippen LogP contribution in [0.15, 0.2) is 54.6 Å². The highest BCUT2D eigenvalue weighted by atomic mass is 15.0. The smallest absolute Gasteiger partial charge is 0.195 e. The molecule has 1 fully saturated rings. The van der Waals surface area contributed by atoms with Crippen molar-refractivity contribution in [3.05, 3.63) is 65.9 Å². The monoisotopic (exact) mass is 328 g/mol. The van der Waals surface area contributed by atoms with Crippen LogP contribution in [-0.2, 0) is 19.4 Å². The van der Waals surface area contributed by atoms with Crippen LogP contribution in [0.25, 0.3) is 22.0 Å². The minimum atomic E-state index is 0.878. The molecule has 0 saturated heterocycles. The SMILES string of the molecule is c1ccc2c(c1)CC[n+]1c(CC3CCCCC3)cc3ccccc3c1-2. The van der Waals surface area contributed by atoms with E-state index < -0.39 is 0 Å². The van der Waals surface area contributed by atoms with Crippen molar-refractivity contribution in [2.75, 3.05) is 0 Å². The van der Waals surface area contributed by atoms with Gasteiger partial charge >= 0.3 is 0 Å². The molecule has 1 saturated carbocycles. The third-order valence-electron chi connectivity index (χ3n) is 6.25. The van der Waals surface area contributed by atoms with Crippen LogP contribution in [0.4, 0.5) is 0 Å². The molecule has 0 amide bonds. The lowest BCUT2D eigenvalue weighted by molar-refractivity contribution is -0.694. The molecule has 2 aromatic carbocycles. The fraction of sp³-hybridized carbons (Fsp3) is 0.375. The largest absolute Gasteiger partial charge is 0.220 e. The molecule has 0 N–H and O–H groups in total. The van der Waals surface area contributed by atoms with E-state index in [1.54, 1.807) is 5.69 Å². The molecule has 0 bridgehead atoms. The summed E-state index contributed by atoms with van der Waals surface area (Å²) >= 11 is 0. The molecule has 5 rings (SSSR count). The number of rotatable bonds is 2. The molecule has 1 heteroatoms. The van der Waals surface area contributed by atoms with Gasteiger partial charge in [-0.1, -0.05) is 55.7 Å². The standard InChI is InChI=1S/C24H26N/c1-2-8-18(9-3-1)16-21-17-20-11-5-7-13-23(20)24-22-12-6-4-10-19(22)14-15-25(21)24/h4-7,10-13,17-18H,1-3,8-9,14-16H2/q+1. The minimum Gasteiger partial charge on any atom is -0.195 e. The first-order chi connectivity index (χ1) is 12.4. The van der Waals surface area contributed by atoms with E-state index in [-0.39, 0.29) is 0 Å². The molecular formula is C24H26N+. The van der Waals surface area contributed by atoms with Gasteiger partial charge in [0.15, 0.2) is 12.2 Å². The molecule has 3 aromatic rings. The maximum atomic E-state index is 2.64. The van der Waals surface area contributed by atoms with Crippen molar-refractivity contribution in [2.24, 2.45) is 5.92 Å². The van der Waals surface area contributed by atoms with Crippen molar-refractivity contribution in [3.63, 3.8) is 0 Å². The van der Waals surface area contributed by atoms with Crippen LogP contribution in [0, 0.1) is 5.92 Å².